The maximum absolute atomic E-state index is 13.1. The van der Waals surface area contributed by atoms with E-state index in [2.05, 4.69) is 5.32 Å². The van der Waals surface area contributed by atoms with E-state index in [4.69, 9.17) is 18.6 Å². The highest BCUT2D eigenvalue weighted by atomic mass is 16.7. The number of ether oxygens (including phenoxy) is 3. The predicted octanol–water partition coefficient (Wildman–Crippen LogP) is 5.46. The van der Waals surface area contributed by atoms with Gasteiger partial charge in [0.1, 0.15) is 11.3 Å². The Morgan fingerprint density at radius 1 is 1.03 bits per heavy atom. The first kappa shape index (κ1) is 21.6. The molecule has 0 fully saturated rings. The van der Waals surface area contributed by atoms with Gasteiger partial charge in [-0.1, -0.05) is 18.2 Å². The van der Waals surface area contributed by atoms with Crippen molar-refractivity contribution in [1.29, 1.82) is 0 Å². The molecule has 4 aromatic rings. The summed E-state index contributed by atoms with van der Waals surface area (Å²) in [5.74, 6) is 1.27. The summed E-state index contributed by atoms with van der Waals surface area (Å²) >= 11 is 0. The third kappa shape index (κ3) is 3.85. The minimum atomic E-state index is -0.430. The second-order valence-electron chi connectivity index (χ2n) is 8.18. The smallest absolute Gasteiger partial charge is 0.339 e. The normalized spacial score (nSPS) is 13.0. The van der Waals surface area contributed by atoms with Gasteiger partial charge in [0.05, 0.1) is 24.1 Å². The summed E-state index contributed by atoms with van der Waals surface area (Å²) in [5, 5.41) is 3.87. The number of methoxy groups -OCH3 is 1. The summed E-state index contributed by atoms with van der Waals surface area (Å²) in [6, 6.07) is 17.6. The number of carbonyl (C=O) groups is 1. The van der Waals surface area contributed by atoms with Crippen molar-refractivity contribution in [2.24, 2.45) is 0 Å². The van der Waals surface area contributed by atoms with Crippen LogP contribution in [0.2, 0.25) is 0 Å². The zero-order chi connectivity index (χ0) is 23.8. The summed E-state index contributed by atoms with van der Waals surface area (Å²) in [5.41, 5.74) is 3.85. The average Bonchev–Trinajstić information content (AvgIpc) is 3.32. The fraction of sp³-hybridized carbons (Fsp3) is 0.185. The highest BCUT2D eigenvalue weighted by Crippen LogP contribution is 2.37. The lowest BCUT2D eigenvalue weighted by molar-refractivity contribution is 0.0601. The number of fused-ring (bicyclic) bond motifs is 2. The Labute approximate surface area is 195 Å². The van der Waals surface area contributed by atoms with Crippen molar-refractivity contribution < 1.29 is 23.4 Å². The number of anilines is 1. The topological polar surface area (TPSA) is 87.0 Å². The van der Waals surface area contributed by atoms with Gasteiger partial charge in [-0.15, -0.1) is 0 Å². The van der Waals surface area contributed by atoms with Gasteiger partial charge in [0.2, 0.25) is 6.79 Å². The molecule has 3 aromatic carbocycles. The SMILES string of the molecule is COC(=O)c1ccccc1NC(C)c1cc(C)cc2c(=O)cc(-c3ccc4c(c3)OCO4)oc12. The summed E-state index contributed by atoms with van der Waals surface area (Å²) in [6.07, 6.45) is 0. The zero-order valence-corrected chi connectivity index (χ0v) is 19.0. The minimum absolute atomic E-state index is 0.138. The summed E-state index contributed by atoms with van der Waals surface area (Å²) in [4.78, 5) is 25.3. The molecule has 0 radical (unpaired) electrons. The number of aryl methyl sites for hydroxylation is 1. The van der Waals surface area contributed by atoms with Crippen LogP contribution in [0.3, 0.4) is 0 Å². The Bertz CT molecular complexity index is 1470. The van der Waals surface area contributed by atoms with E-state index >= 15 is 0 Å². The molecule has 0 aliphatic carbocycles. The molecular weight excluding hydrogens is 434 g/mol. The molecule has 1 aromatic heterocycles. The third-order valence-electron chi connectivity index (χ3n) is 5.83. The lowest BCUT2D eigenvalue weighted by atomic mass is 10.00. The first-order valence-corrected chi connectivity index (χ1v) is 10.9. The largest absolute Gasteiger partial charge is 0.465 e. The predicted molar refractivity (Wildman–Crippen MR) is 129 cm³/mol. The van der Waals surface area contributed by atoms with Crippen LogP contribution in [0, 0.1) is 6.92 Å². The Hall–Kier alpha value is -4.26. The van der Waals surface area contributed by atoms with Crippen LogP contribution in [0.25, 0.3) is 22.3 Å². The number of hydrogen-bond acceptors (Lipinski definition) is 7. The number of rotatable bonds is 5. The molecule has 1 aliphatic heterocycles. The van der Waals surface area contributed by atoms with Crippen LogP contribution in [0.5, 0.6) is 11.5 Å². The van der Waals surface area contributed by atoms with E-state index in [1.165, 1.54) is 13.2 Å². The highest BCUT2D eigenvalue weighted by Gasteiger charge is 2.20. The van der Waals surface area contributed by atoms with Crippen LogP contribution in [-0.4, -0.2) is 19.9 Å². The summed E-state index contributed by atoms with van der Waals surface area (Å²) < 4.78 is 22.1. The van der Waals surface area contributed by atoms with Crippen molar-refractivity contribution in [3.05, 3.63) is 87.6 Å². The number of carbonyl (C=O) groups excluding carboxylic acids is 1. The van der Waals surface area contributed by atoms with Crippen LogP contribution >= 0.6 is 0 Å². The molecule has 0 bridgehead atoms. The van der Waals surface area contributed by atoms with Gasteiger partial charge in [-0.05, 0) is 55.8 Å². The van der Waals surface area contributed by atoms with E-state index < -0.39 is 5.97 Å². The molecule has 34 heavy (non-hydrogen) atoms. The second kappa shape index (κ2) is 8.59. The van der Waals surface area contributed by atoms with E-state index in [-0.39, 0.29) is 18.3 Å². The second-order valence-corrected chi connectivity index (χ2v) is 8.18. The zero-order valence-electron chi connectivity index (χ0n) is 19.0. The van der Waals surface area contributed by atoms with Gasteiger partial charge >= 0.3 is 5.97 Å². The Morgan fingerprint density at radius 2 is 1.82 bits per heavy atom. The molecule has 172 valence electrons. The molecule has 2 heterocycles. The monoisotopic (exact) mass is 457 g/mol. The van der Waals surface area contributed by atoms with E-state index in [1.54, 1.807) is 24.3 Å². The van der Waals surface area contributed by atoms with Crippen molar-refractivity contribution in [3.8, 4) is 22.8 Å². The van der Waals surface area contributed by atoms with Crippen LogP contribution in [0.4, 0.5) is 5.69 Å². The van der Waals surface area contributed by atoms with Crippen molar-refractivity contribution in [2.75, 3.05) is 19.2 Å². The molecule has 0 spiro atoms. The molecule has 7 heteroatoms. The number of para-hydroxylation sites is 1. The standard InChI is InChI=1S/C27H23NO6/c1-15-10-19(16(2)28-21-7-5-4-6-18(21)27(30)31-3)26-20(11-15)22(29)13-24(34-26)17-8-9-23-25(12-17)33-14-32-23/h4-13,16,28H,14H2,1-3H3. The van der Waals surface area contributed by atoms with Crippen molar-refractivity contribution >= 4 is 22.6 Å². The molecule has 7 nitrogen and oxygen atoms in total. The number of hydrogen-bond donors (Lipinski definition) is 1. The van der Waals surface area contributed by atoms with Crippen LogP contribution in [-0.2, 0) is 4.74 Å². The fourth-order valence-electron chi connectivity index (χ4n) is 4.16. The highest BCUT2D eigenvalue weighted by molar-refractivity contribution is 5.95. The number of esters is 1. The fourth-order valence-corrected chi connectivity index (χ4v) is 4.16. The average molecular weight is 457 g/mol. The Morgan fingerprint density at radius 3 is 2.65 bits per heavy atom. The molecule has 1 N–H and O–H groups in total. The van der Waals surface area contributed by atoms with Gasteiger partial charge in [0.25, 0.3) is 0 Å². The Balaban J connectivity index is 1.60. The summed E-state index contributed by atoms with van der Waals surface area (Å²) in [6.45, 7) is 4.05. The molecule has 5 rings (SSSR count). The van der Waals surface area contributed by atoms with Crippen molar-refractivity contribution in [1.82, 2.24) is 0 Å². The molecular formula is C27H23NO6. The van der Waals surface area contributed by atoms with Crippen LogP contribution < -0.4 is 20.2 Å². The maximum atomic E-state index is 13.1. The van der Waals surface area contributed by atoms with E-state index in [1.807, 2.05) is 44.2 Å². The molecule has 0 saturated heterocycles. The van der Waals surface area contributed by atoms with Crippen LogP contribution in [0.1, 0.15) is 34.5 Å². The van der Waals surface area contributed by atoms with Gasteiger partial charge in [-0.25, -0.2) is 4.79 Å². The van der Waals surface area contributed by atoms with E-state index in [9.17, 15) is 9.59 Å². The van der Waals surface area contributed by atoms with E-state index in [0.717, 1.165) is 11.1 Å². The van der Waals surface area contributed by atoms with Gasteiger partial charge in [-0.3, -0.25) is 4.79 Å². The van der Waals surface area contributed by atoms with Gasteiger partial charge in [0, 0.05) is 22.9 Å². The number of nitrogens with one attached hydrogen (secondary N) is 1. The molecule has 0 saturated carbocycles. The molecule has 1 unspecified atom stereocenters. The van der Waals surface area contributed by atoms with E-state index in [0.29, 0.717) is 45.0 Å². The minimum Gasteiger partial charge on any atom is -0.465 e. The first-order chi connectivity index (χ1) is 16.4. The maximum Gasteiger partial charge on any atom is 0.339 e. The third-order valence-corrected chi connectivity index (χ3v) is 5.83. The Kier molecular flexibility index (Phi) is 5.45. The number of benzene rings is 3. The lowest BCUT2D eigenvalue weighted by Gasteiger charge is -2.19. The quantitative estimate of drug-likeness (QED) is 0.398. The van der Waals surface area contributed by atoms with Gasteiger partial charge < -0.3 is 23.9 Å². The first-order valence-electron chi connectivity index (χ1n) is 10.9. The van der Waals surface area contributed by atoms with Crippen LogP contribution in [0.15, 0.2) is 69.9 Å². The summed E-state index contributed by atoms with van der Waals surface area (Å²) in [7, 11) is 1.35. The van der Waals surface area contributed by atoms with Gasteiger partial charge in [-0.2, -0.15) is 0 Å². The van der Waals surface area contributed by atoms with Crippen molar-refractivity contribution in [2.45, 2.75) is 19.9 Å². The van der Waals surface area contributed by atoms with Crippen molar-refractivity contribution in [3.63, 3.8) is 0 Å². The van der Waals surface area contributed by atoms with Gasteiger partial charge in [0.15, 0.2) is 16.9 Å². The molecule has 0 amide bonds. The molecule has 1 aliphatic rings. The molecule has 1 atom stereocenters. The lowest BCUT2D eigenvalue weighted by Crippen LogP contribution is -2.13.